The van der Waals surface area contributed by atoms with Gasteiger partial charge in [-0.25, -0.2) is 0 Å². The number of rotatable bonds is 0. The van der Waals surface area contributed by atoms with Crippen molar-refractivity contribution in [3.8, 4) is 0 Å². The Labute approximate surface area is 136 Å². The zero-order valence-electron chi connectivity index (χ0n) is 15.2. The zero-order chi connectivity index (χ0) is 16.8. The monoisotopic (exact) mass is 303 g/mol. The standard InChI is InChI=1S/C13H13N.C3H8.C2H6O.C2H6/c1-2-4-12-10(3-1)5-6-11-9-14-8-7-13(11)12;2*1-3-2;1-2/h1-6,14H,7-9H2;3H2,1-2H3;1-2H3;1-2H3. The number of ether oxygens (including phenoxy) is 1. The molecule has 0 aliphatic carbocycles. The van der Waals surface area contributed by atoms with E-state index in [-0.39, 0.29) is 0 Å². The average molecular weight is 303 g/mol. The summed E-state index contributed by atoms with van der Waals surface area (Å²) in [7, 11) is 3.25. The van der Waals surface area contributed by atoms with E-state index in [1.807, 2.05) is 13.8 Å². The molecular weight excluding hydrogens is 270 g/mol. The highest BCUT2D eigenvalue weighted by Crippen LogP contribution is 2.24. The van der Waals surface area contributed by atoms with Crippen molar-refractivity contribution in [2.75, 3.05) is 20.8 Å². The summed E-state index contributed by atoms with van der Waals surface area (Å²) < 4.78 is 4.25. The van der Waals surface area contributed by atoms with Gasteiger partial charge >= 0.3 is 0 Å². The van der Waals surface area contributed by atoms with Crippen molar-refractivity contribution in [2.45, 2.75) is 47.1 Å². The molecule has 2 nitrogen and oxygen atoms in total. The van der Waals surface area contributed by atoms with Crippen molar-refractivity contribution < 1.29 is 4.74 Å². The number of hydrogen-bond acceptors (Lipinski definition) is 2. The zero-order valence-corrected chi connectivity index (χ0v) is 15.2. The van der Waals surface area contributed by atoms with E-state index in [1.165, 1.54) is 22.8 Å². The molecule has 0 radical (unpaired) electrons. The molecule has 0 fully saturated rings. The highest BCUT2D eigenvalue weighted by atomic mass is 16.4. The van der Waals surface area contributed by atoms with Gasteiger partial charge in [-0.1, -0.05) is 70.5 Å². The van der Waals surface area contributed by atoms with Gasteiger partial charge in [0.25, 0.3) is 0 Å². The quantitative estimate of drug-likeness (QED) is 0.723. The van der Waals surface area contributed by atoms with Crippen molar-refractivity contribution in [1.82, 2.24) is 5.32 Å². The highest BCUT2D eigenvalue weighted by molar-refractivity contribution is 5.86. The molecule has 2 aromatic carbocycles. The number of nitrogens with one attached hydrogen (secondary N) is 1. The number of benzene rings is 2. The maximum Gasteiger partial charge on any atom is 0.0351 e. The van der Waals surface area contributed by atoms with Gasteiger partial charge in [0.05, 0.1) is 0 Å². The van der Waals surface area contributed by atoms with Gasteiger partial charge in [0.1, 0.15) is 0 Å². The van der Waals surface area contributed by atoms with Gasteiger partial charge < -0.3 is 10.1 Å². The second kappa shape index (κ2) is 13.3. The van der Waals surface area contributed by atoms with Crippen LogP contribution in [-0.2, 0) is 17.7 Å². The predicted octanol–water partition coefficient (Wildman–Crippen LogP) is 5.19. The number of hydrogen-bond donors (Lipinski definition) is 1. The number of methoxy groups -OCH3 is 1. The third-order valence-corrected chi connectivity index (χ3v) is 3.00. The first-order valence-electron chi connectivity index (χ1n) is 8.38. The minimum atomic E-state index is 1.03. The molecule has 0 saturated carbocycles. The largest absolute Gasteiger partial charge is 0.388 e. The summed E-state index contributed by atoms with van der Waals surface area (Å²) in [5, 5.41) is 6.21. The lowest BCUT2D eigenvalue weighted by atomic mass is 9.94. The lowest BCUT2D eigenvalue weighted by Gasteiger charge is -2.18. The van der Waals surface area contributed by atoms with Gasteiger partial charge in [0.2, 0.25) is 0 Å². The summed E-state index contributed by atoms with van der Waals surface area (Å²) in [5.74, 6) is 0. The smallest absolute Gasteiger partial charge is 0.0351 e. The topological polar surface area (TPSA) is 21.3 Å². The Kier molecular flexibility index (Phi) is 12.5. The third kappa shape index (κ3) is 6.59. The Bertz CT molecular complexity index is 506. The van der Waals surface area contributed by atoms with Crippen LogP contribution in [0.4, 0.5) is 0 Å². The molecular formula is C20H33NO. The minimum absolute atomic E-state index is 1.03. The van der Waals surface area contributed by atoms with Crippen LogP contribution in [0.15, 0.2) is 36.4 Å². The Morgan fingerprint density at radius 1 is 1.00 bits per heavy atom. The van der Waals surface area contributed by atoms with Gasteiger partial charge in [0.15, 0.2) is 0 Å². The fourth-order valence-corrected chi connectivity index (χ4v) is 2.28. The summed E-state index contributed by atoms with van der Waals surface area (Å²) in [6.45, 7) is 10.4. The summed E-state index contributed by atoms with van der Waals surface area (Å²) in [6, 6.07) is 13.1. The molecule has 0 bridgehead atoms. The predicted molar refractivity (Wildman–Crippen MR) is 99.6 cm³/mol. The average Bonchev–Trinajstić information content (AvgIpc) is 2.58. The SMILES string of the molecule is CC.CCC.COC.c1ccc2c3c(ccc2c1)CNCC3. The molecule has 1 aliphatic rings. The maximum absolute atomic E-state index is 4.25. The van der Waals surface area contributed by atoms with Gasteiger partial charge in [-0.3, -0.25) is 0 Å². The van der Waals surface area contributed by atoms with Crippen LogP contribution < -0.4 is 5.32 Å². The molecule has 3 rings (SSSR count). The lowest BCUT2D eigenvalue weighted by molar-refractivity contribution is 0.277. The molecule has 0 unspecified atom stereocenters. The fourth-order valence-electron chi connectivity index (χ4n) is 2.28. The van der Waals surface area contributed by atoms with Crippen LogP contribution in [0.1, 0.15) is 45.2 Å². The molecule has 1 N–H and O–H groups in total. The van der Waals surface area contributed by atoms with Crippen LogP contribution in [0, 0.1) is 0 Å². The van der Waals surface area contributed by atoms with Crippen molar-refractivity contribution in [2.24, 2.45) is 0 Å². The Morgan fingerprint density at radius 3 is 2.23 bits per heavy atom. The first-order valence-corrected chi connectivity index (χ1v) is 8.38. The van der Waals surface area contributed by atoms with Crippen LogP contribution >= 0.6 is 0 Å². The van der Waals surface area contributed by atoms with E-state index in [1.54, 1.807) is 19.8 Å². The second-order valence-corrected chi connectivity index (χ2v) is 4.97. The maximum atomic E-state index is 4.25. The number of fused-ring (bicyclic) bond motifs is 3. The lowest BCUT2D eigenvalue weighted by Crippen LogP contribution is -2.23. The van der Waals surface area contributed by atoms with Crippen molar-refractivity contribution in [3.05, 3.63) is 47.5 Å². The second-order valence-electron chi connectivity index (χ2n) is 4.97. The van der Waals surface area contributed by atoms with E-state index < -0.39 is 0 Å². The molecule has 1 aliphatic heterocycles. The third-order valence-electron chi connectivity index (χ3n) is 3.00. The summed E-state index contributed by atoms with van der Waals surface area (Å²) in [4.78, 5) is 0. The fraction of sp³-hybridized carbons (Fsp3) is 0.500. The van der Waals surface area contributed by atoms with Crippen LogP contribution in [-0.4, -0.2) is 20.8 Å². The molecule has 1 heterocycles. The first kappa shape index (κ1) is 20.6. The van der Waals surface area contributed by atoms with E-state index in [0.717, 1.165) is 19.5 Å². The normalized spacial score (nSPS) is 11.7. The van der Waals surface area contributed by atoms with Crippen LogP contribution in [0.3, 0.4) is 0 Å². The molecule has 0 aromatic heterocycles. The molecule has 2 heteroatoms. The molecule has 0 amide bonds. The van der Waals surface area contributed by atoms with Crippen LogP contribution in [0.5, 0.6) is 0 Å². The Balaban J connectivity index is 0.000000475. The van der Waals surface area contributed by atoms with Gasteiger partial charge in [-0.15, -0.1) is 0 Å². The summed E-state index contributed by atoms with van der Waals surface area (Å²) in [5.41, 5.74) is 3.01. The summed E-state index contributed by atoms with van der Waals surface area (Å²) in [6.07, 6.45) is 2.41. The van der Waals surface area contributed by atoms with Gasteiger partial charge in [0, 0.05) is 20.8 Å². The van der Waals surface area contributed by atoms with Crippen molar-refractivity contribution in [1.29, 1.82) is 0 Å². The van der Waals surface area contributed by atoms with E-state index in [4.69, 9.17) is 0 Å². The van der Waals surface area contributed by atoms with Crippen molar-refractivity contribution in [3.63, 3.8) is 0 Å². The van der Waals surface area contributed by atoms with E-state index in [0.29, 0.717) is 0 Å². The molecule has 124 valence electrons. The van der Waals surface area contributed by atoms with E-state index >= 15 is 0 Å². The molecule has 0 saturated heterocycles. The molecule has 2 aromatic rings. The van der Waals surface area contributed by atoms with Gasteiger partial charge in [-0.05, 0) is 34.9 Å². The minimum Gasteiger partial charge on any atom is -0.388 e. The first-order chi connectivity index (χ1) is 10.8. The molecule has 0 spiro atoms. The Hall–Kier alpha value is -1.38. The molecule has 0 atom stereocenters. The van der Waals surface area contributed by atoms with E-state index in [2.05, 4.69) is 60.3 Å². The van der Waals surface area contributed by atoms with E-state index in [9.17, 15) is 0 Å². The molecule has 22 heavy (non-hydrogen) atoms. The van der Waals surface area contributed by atoms with Crippen LogP contribution in [0.25, 0.3) is 10.8 Å². The van der Waals surface area contributed by atoms with Crippen molar-refractivity contribution >= 4 is 10.8 Å². The summed E-state index contributed by atoms with van der Waals surface area (Å²) >= 11 is 0. The highest BCUT2D eigenvalue weighted by Gasteiger charge is 2.10. The Morgan fingerprint density at radius 2 is 1.59 bits per heavy atom. The van der Waals surface area contributed by atoms with Gasteiger partial charge in [-0.2, -0.15) is 0 Å². The van der Waals surface area contributed by atoms with Crippen LogP contribution in [0.2, 0.25) is 0 Å².